The molecule has 0 amide bonds. The molecule has 2 heteroatoms. The molecule has 0 bridgehead atoms. The second-order valence-corrected chi connectivity index (χ2v) is 6.83. The minimum absolute atomic E-state index is 0.620. The lowest BCUT2D eigenvalue weighted by Gasteiger charge is -2.12. The van der Waals surface area contributed by atoms with Crippen molar-refractivity contribution in [3.8, 4) is 5.75 Å². The highest BCUT2D eigenvalue weighted by Crippen LogP contribution is 2.19. The van der Waals surface area contributed by atoms with E-state index in [9.17, 15) is 0 Å². The zero-order valence-electron chi connectivity index (χ0n) is 15.9. The van der Waals surface area contributed by atoms with E-state index < -0.39 is 0 Å². The van der Waals surface area contributed by atoms with Gasteiger partial charge in [-0.2, -0.15) is 0 Å². The van der Waals surface area contributed by atoms with Crippen LogP contribution in [0.25, 0.3) is 0 Å². The molecule has 0 atom stereocenters. The number of hydrogen-bond donors (Lipinski definition) is 1. The summed E-state index contributed by atoms with van der Waals surface area (Å²) in [6.07, 6.45) is 8.03. The second-order valence-electron chi connectivity index (χ2n) is 6.83. The Morgan fingerprint density at radius 2 is 1.56 bits per heavy atom. The van der Waals surface area contributed by atoms with Gasteiger partial charge < -0.3 is 10.1 Å². The normalized spacial score (nSPS) is 10.8. The number of ether oxygens (including phenoxy) is 1. The van der Waals surface area contributed by atoms with E-state index in [1.165, 1.54) is 55.2 Å². The molecule has 136 valence electrons. The fourth-order valence-electron chi connectivity index (χ4n) is 2.89. The SMILES string of the molecule is CCCCCCCCNCc1ccccc1OCc1ccc(C)cc1. The second kappa shape index (κ2) is 11.7. The van der Waals surface area contributed by atoms with Gasteiger partial charge in [0.05, 0.1) is 0 Å². The third-order valence-electron chi connectivity index (χ3n) is 4.51. The smallest absolute Gasteiger partial charge is 0.124 e. The van der Waals surface area contributed by atoms with Gasteiger partial charge in [0.2, 0.25) is 0 Å². The summed E-state index contributed by atoms with van der Waals surface area (Å²) in [7, 11) is 0. The van der Waals surface area contributed by atoms with Crippen molar-refractivity contribution in [1.82, 2.24) is 5.32 Å². The van der Waals surface area contributed by atoms with Crippen molar-refractivity contribution >= 4 is 0 Å². The predicted octanol–water partition coefficient (Wildman–Crippen LogP) is 6.02. The van der Waals surface area contributed by atoms with E-state index in [4.69, 9.17) is 4.74 Å². The Bertz CT molecular complexity index is 591. The molecule has 0 radical (unpaired) electrons. The zero-order chi connectivity index (χ0) is 17.7. The van der Waals surface area contributed by atoms with Gasteiger partial charge in [0.1, 0.15) is 12.4 Å². The lowest BCUT2D eigenvalue weighted by atomic mass is 10.1. The average molecular weight is 340 g/mol. The van der Waals surface area contributed by atoms with Crippen LogP contribution in [0.5, 0.6) is 5.75 Å². The first kappa shape index (κ1) is 19.5. The highest BCUT2D eigenvalue weighted by atomic mass is 16.5. The number of nitrogens with one attached hydrogen (secondary N) is 1. The summed E-state index contributed by atoms with van der Waals surface area (Å²) in [6, 6.07) is 16.9. The molecule has 0 aliphatic rings. The summed E-state index contributed by atoms with van der Waals surface area (Å²) in [5.41, 5.74) is 3.73. The van der Waals surface area contributed by atoms with E-state index in [1.54, 1.807) is 0 Å². The summed E-state index contributed by atoms with van der Waals surface area (Å²) in [4.78, 5) is 0. The minimum atomic E-state index is 0.620. The van der Waals surface area contributed by atoms with E-state index in [1.807, 2.05) is 6.07 Å². The van der Waals surface area contributed by atoms with Crippen LogP contribution in [0.1, 0.15) is 62.1 Å². The Balaban J connectivity index is 1.71. The molecule has 1 N–H and O–H groups in total. The molecule has 2 nitrogen and oxygen atoms in total. The standard InChI is InChI=1S/C23H33NO/c1-3-4-5-6-7-10-17-24-18-22-11-8-9-12-23(22)25-19-21-15-13-20(2)14-16-21/h8-9,11-16,24H,3-7,10,17-19H2,1-2H3. The first-order valence-corrected chi connectivity index (χ1v) is 9.76. The Hall–Kier alpha value is -1.80. The molecule has 25 heavy (non-hydrogen) atoms. The topological polar surface area (TPSA) is 21.3 Å². The highest BCUT2D eigenvalue weighted by Gasteiger charge is 2.03. The maximum atomic E-state index is 6.05. The molecule has 0 fully saturated rings. The third-order valence-corrected chi connectivity index (χ3v) is 4.51. The van der Waals surface area contributed by atoms with E-state index in [0.717, 1.165) is 18.8 Å². The maximum Gasteiger partial charge on any atom is 0.124 e. The fraction of sp³-hybridized carbons (Fsp3) is 0.478. The summed E-state index contributed by atoms with van der Waals surface area (Å²) in [6.45, 7) is 6.95. The molecule has 2 aromatic carbocycles. The average Bonchev–Trinajstić information content (AvgIpc) is 2.64. The van der Waals surface area contributed by atoms with Gasteiger partial charge in [-0.05, 0) is 31.5 Å². The van der Waals surface area contributed by atoms with Gasteiger partial charge in [0.25, 0.3) is 0 Å². The Labute approximate surface area is 153 Å². The van der Waals surface area contributed by atoms with Gasteiger partial charge >= 0.3 is 0 Å². The Morgan fingerprint density at radius 1 is 0.840 bits per heavy atom. The van der Waals surface area contributed by atoms with Crippen molar-refractivity contribution < 1.29 is 4.74 Å². The fourth-order valence-corrected chi connectivity index (χ4v) is 2.89. The molecular weight excluding hydrogens is 306 g/mol. The van der Waals surface area contributed by atoms with Gasteiger partial charge in [-0.1, -0.05) is 87.1 Å². The van der Waals surface area contributed by atoms with Gasteiger partial charge in [0.15, 0.2) is 0 Å². The van der Waals surface area contributed by atoms with E-state index in [-0.39, 0.29) is 0 Å². The maximum absolute atomic E-state index is 6.05. The van der Waals surface area contributed by atoms with Crippen LogP contribution in [-0.2, 0) is 13.2 Å². The number of hydrogen-bond acceptors (Lipinski definition) is 2. The van der Waals surface area contributed by atoms with E-state index in [0.29, 0.717) is 6.61 Å². The van der Waals surface area contributed by atoms with Gasteiger partial charge in [0, 0.05) is 12.1 Å². The first-order valence-electron chi connectivity index (χ1n) is 9.76. The number of aryl methyl sites for hydroxylation is 1. The van der Waals surface area contributed by atoms with Crippen molar-refractivity contribution in [2.24, 2.45) is 0 Å². The number of para-hydroxylation sites is 1. The number of benzene rings is 2. The van der Waals surface area contributed by atoms with Crippen LogP contribution < -0.4 is 10.1 Å². The van der Waals surface area contributed by atoms with Crippen LogP contribution in [0.3, 0.4) is 0 Å². The predicted molar refractivity (Wildman–Crippen MR) is 107 cm³/mol. The van der Waals surface area contributed by atoms with Crippen LogP contribution >= 0.6 is 0 Å². The van der Waals surface area contributed by atoms with Crippen molar-refractivity contribution in [2.45, 2.75) is 65.5 Å². The summed E-state index contributed by atoms with van der Waals surface area (Å²) >= 11 is 0. The van der Waals surface area contributed by atoms with E-state index in [2.05, 4.69) is 61.6 Å². The molecular formula is C23H33NO. The van der Waals surface area contributed by atoms with Crippen LogP contribution in [0.2, 0.25) is 0 Å². The molecule has 2 rings (SSSR count). The van der Waals surface area contributed by atoms with E-state index >= 15 is 0 Å². The lowest BCUT2D eigenvalue weighted by molar-refractivity contribution is 0.302. The zero-order valence-corrected chi connectivity index (χ0v) is 15.9. The van der Waals surface area contributed by atoms with Crippen molar-refractivity contribution in [1.29, 1.82) is 0 Å². The van der Waals surface area contributed by atoms with Crippen LogP contribution in [0, 0.1) is 6.92 Å². The van der Waals surface area contributed by atoms with Crippen molar-refractivity contribution in [3.63, 3.8) is 0 Å². The Kier molecular flexibility index (Phi) is 9.14. The van der Waals surface area contributed by atoms with Crippen LogP contribution in [-0.4, -0.2) is 6.54 Å². The lowest BCUT2D eigenvalue weighted by Crippen LogP contribution is -2.15. The van der Waals surface area contributed by atoms with Crippen molar-refractivity contribution in [3.05, 3.63) is 65.2 Å². The molecule has 0 aromatic heterocycles. The third kappa shape index (κ3) is 7.74. The molecule has 0 unspecified atom stereocenters. The molecule has 0 saturated heterocycles. The molecule has 2 aromatic rings. The highest BCUT2D eigenvalue weighted by molar-refractivity contribution is 5.33. The van der Waals surface area contributed by atoms with Gasteiger partial charge in [-0.15, -0.1) is 0 Å². The number of rotatable bonds is 12. The molecule has 0 aliphatic carbocycles. The largest absolute Gasteiger partial charge is 0.489 e. The first-order chi connectivity index (χ1) is 12.3. The molecule has 0 aliphatic heterocycles. The monoisotopic (exact) mass is 339 g/mol. The summed E-state index contributed by atoms with van der Waals surface area (Å²) in [5, 5.41) is 3.56. The van der Waals surface area contributed by atoms with Gasteiger partial charge in [-0.25, -0.2) is 0 Å². The quantitative estimate of drug-likeness (QED) is 0.477. The number of unbranched alkanes of at least 4 members (excludes halogenated alkanes) is 5. The molecule has 0 spiro atoms. The summed E-state index contributed by atoms with van der Waals surface area (Å²) in [5.74, 6) is 0.985. The van der Waals surface area contributed by atoms with Crippen molar-refractivity contribution in [2.75, 3.05) is 6.54 Å². The van der Waals surface area contributed by atoms with Gasteiger partial charge in [-0.3, -0.25) is 0 Å². The Morgan fingerprint density at radius 3 is 2.36 bits per heavy atom. The van der Waals surface area contributed by atoms with Crippen LogP contribution in [0.15, 0.2) is 48.5 Å². The molecule has 0 heterocycles. The van der Waals surface area contributed by atoms with Crippen LogP contribution in [0.4, 0.5) is 0 Å². The summed E-state index contributed by atoms with van der Waals surface area (Å²) < 4.78 is 6.05. The molecule has 0 saturated carbocycles. The minimum Gasteiger partial charge on any atom is -0.489 e.